The second kappa shape index (κ2) is 12.4. The second-order valence-electron chi connectivity index (χ2n) is 11.0. The molecule has 184 valence electrons. The normalized spacial score (nSPS) is 27.4. The van der Waals surface area contributed by atoms with Gasteiger partial charge in [-0.1, -0.05) is 52.4 Å². The third-order valence-electron chi connectivity index (χ3n) is 8.51. The van der Waals surface area contributed by atoms with Crippen molar-refractivity contribution in [2.24, 2.45) is 11.8 Å². The van der Waals surface area contributed by atoms with Gasteiger partial charge in [-0.2, -0.15) is 0 Å². The van der Waals surface area contributed by atoms with Crippen LogP contribution in [-0.2, 0) is 19.1 Å². The molecule has 2 unspecified atom stereocenters. The van der Waals surface area contributed by atoms with Crippen LogP contribution in [0.15, 0.2) is 0 Å². The summed E-state index contributed by atoms with van der Waals surface area (Å²) in [5.41, 5.74) is -0.577. The molecule has 0 aromatic carbocycles. The van der Waals surface area contributed by atoms with Crippen molar-refractivity contribution in [1.82, 2.24) is 0 Å². The first-order valence-electron chi connectivity index (χ1n) is 14.0. The molecule has 3 rings (SSSR count). The number of esters is 2. The van der Waals surface area contributed by atoms with Gasteiger partial charge in [0.05, 0.1) is 11.8 Å². The Labute approximate surface area is 196 Å². The highest BCUT2D eigenvalue weighted by Crippen LogP contribution is 2.41. The summed E-state index contributed by atoms with van der Waals surface area (Å²) in [7, 11) is 0. The van der Waals surface area contributed by atoms with Gasteiger partial charge in [0.2, 0.25) is 0 Å². The minimum Gasteiger partial charge on any atom is -0.459 e. The molecule has 3 saturated carbocycles. The number of hydrogen-bond donors (Lipinski definition) is 0. The molecular formula is C28H48O4. The van der Waals surface area contributed by atoms with Crippen molar-refractivity contribution < 1.29 is 19.1 Å². The van der Waals surface area contributed by atoms with E-state index in [-0.39, 0.29) is 35.0 Å². The molecule has 0 aromatic rings. The first-order valence-corrected chi connectivity index (χ1v) is 14.0. The van der Waals surface area contributed by atoms with Gasteiger partial charge in [0.25, 0.3) is 0 Å². The monoisotopic (exact) mass is 448 g/mol. The molecule has 0 spiro atoms. The second-order valence-corrected chi connectivity index (χ2v) is 11.0. The Hall–Kier alpha value is -1.06. The third-order valence-corrected chi connectivity index (χ3v) is 8.51. The van der Waals surface area contributed by atoms with Crippen LogP contribution < -0.4 is 0 Å². The lowest BCUT2D eigenvalue weighted by Gasteiger charge is -2.41. The Morgan fingerprint density at radius 3 is 1.34 bits per heavy atom. The molecular weight excluding hydrogens is 400 g/mol. The van der Waals surface area contributed by atoms with Gasteiger partial charge < -0.3 is 9.47 Å². The molecule has 32 heavy (non-hydrogen) atoms. The molecule has 4 heteroatoms. The molecule has 2 atom stereocenters. The number of carbonyl (C=O) groups is 2. The summed E-state index contributed by atoms with van der Waals surface area (Å²) in [5.74, 6) is -0.862. The van der Waals surface area contributed by atoms with E-state index >= 15 is 0 Å². The lowest BCUT2D eigenvalue weighted by atomic mass is 9.77. The van der Waals surface area contributed by atoms with Crippen molar-refractivity contribution in [2.75, 3.05) is 0 Å². The number of carbonyl (C=O) groups excluding carboxylic acids is 2. The average Bonchev–Trinajstić information content (AvgIpc) is 2.82. The highest BCUT2D eigenvalue weighted by atomic mass is 16.6. The summed E-state index contributed by atoms with van der Waals surface area (Å²) in [5, 5.41) is 0. The van der Waals surface area contributed by atoms with E-state index in [1.165, 1.54) is 12.8 Å². The molecule has 4 nitrogen and oxygen atoms in total. The standard InChI is InChI=1S/C28H48O4/c1-3-5-17-27(19-11-7-12-20-27)31-25(29)23-15-9-10-16-24(23)26(30)32-28(18-6-4-2)21-13-8-14-22-28/h23-24H,3-22H2,1-2H3. The molecule has 0 bridgehead atoms. The molecule has 0 saturated heterocycles. The van der Waals surface area contributed by atoms with Crippen LogP contribution in [0.4, 0.5) is 0 Å². The van der Waals surface area contributed by atoms with E-state index in [2.05, 4.69) is 13.8 Å². The van der Waals surface area contributed by atoms with Crippen molar-refractivity contribution in [3.05, 3.63) is 0 Å². The maximum atomic E-state index is 13.5. The fourth-order valence-electron chi connectivity index (χ4n) is 6.47. The summed E-state index contributed by atoms with van der Waals surface area (Å²) >= 11 is 0. The first kappa shape index (κ1) is 25.6. The van der Waals surface area contributed by atoms with Gasteiger partial charge >= 0.3 is 11.9 Å². The maximum absolute atomic E-state index is 13.5. The molecule has 0 aromatic heterocycles. The van der Waals surface area contributed by atoms with E-state index in [4.69, 9.17) is 9.47 Å². The lowest BCUT2D eigenvalue weighted by molar-refractivity contribution is -0.184. The molecule has 0 N–H and O–H groups in total. The van der Waals surface area contributed by atoms with Gasteiger partial charge in [0, 0.05) is 0 Å². The summed E-state index contributed by atoms with van der Waals surface area (Å²) < 4.78 is 12.7. The Bertz CT molecular complexity index is 534. The fourth-order valence-corrected chi connectivity index (χ4v) is 6.47. The number of hydrogen-bond acceptors (Lipinski definition) is 4. The molecule has 3 aliphatic carbocycles. The van der Waals surface area contributed by atoms with Crippen molar-refractivity contribution in [1.29, 1.82) is 0 Å². The predicted octanol–water partition coefficient (Wildman–Crippen LogP) is 7.67. The minimum atomic E-state index is -0.316. The van der Waals surface area contributed by atoms with Gasteiger partial charge in [0.15, 0.2) is 0 Å². The van der Waals surface area contributed by atoms with Crippen molar-refractivity contribution in [3.63, 3.8) is 0 Å². The van der Waals surface area contributed by atoms with Gasteiger partial charge in [-0.25, -0.2) is 0 Å². The minimum absolute atomic E-state index is 0.115. The van der Waals surface area contributed by atoms with Gasteiger partial charge in [0.1, 0.15) is 11.2 Å². The Morgan fingerprint density at radius 1 is 0.625 bits per heavy atom. The van der Waals surface area contributed by atoms with Crippen LogP contribution in [0.25, 0.3) is 0 Å². The quantitative estimate of drug-likeness (QED) is 0.322. The van der Waals surface area contributed by atoms with Gasteiger partial charge in [-0.3, -0.25) is 9.59 Å². The summed E-state index contributed by atoms with van der Waals surface area (Å²) in [4.78, 5) is 26.9. The number of ether oxygens (including phenoxy) is 2. The van der Waals surface area contributed by atoms with Crippen LogP contribution in [0.2, 0.25) is 0 Å². The smallest absolute Gasteiger partial charge is 0.310 e. The molecule has 0 amide bonds. The van der Waals surface area contributed by atoms with E-state index in [1.807, 2.05) is 0 Å². The van der Waals surface area contributed by atoms with Crippen LogP contribution in [0.1, 0.15) is 142 Å². The van der Waals surface area contributed by atoms with E-state index in [0.717, 1.165) is 116 Å². The topological polar surface area (TPSA) is 52.6 Å². The molecule has 0 heterocycles. The third kappa shape index (κ3) is 6.73. The van der Waals surface area contributed by atoms with Crippen LogP contribution in [0.5, 0.6) is 0 Å². The van der Waals surface area contributed by atoms with Crippen molar-refractivity contribution in [2.45, 2.75) is 153 Å². The largest absolute Gasteiger partial charge is 0.459 e. The van der Waals surface area contributed by atoms with Crippen LogP contribution >= 0.6 is 0 Å². The van der Waals surface area contributed by atoms with Crippen molar-refractivity contribution in [3.8, 4) is 0 Å². The zero-order valence-electron chi connectivity index (χ0n) is 20.9. The fraction of sp³-hybridized carbons (Fsp3) is 0.929. The van der Waals surface area contributed by atoms with Crippen molar-refractivity contribution >= 4 is 11.9 Å². The molecule has 3 fully saturated rings. The highest BCUT2D eigenvalue weighted by molar-refractivity contribution is 5.82. The maximum Gasteiger partial charge on any atom is 0.310 e. The van der Waals surface area contributed by atoms with E-state index in [1.54, 1.807) is 0 Å². The zero-order chi connectivity index (χ0) is 22.9. The molecule has 0 aliphatic heterocycles. The average molecular weight is 449 g/mol. The summed E-state index contributed by atoms with van der Waals surface area (Å²) in [6, 6.07) is 0. The van der Waals surface area contributed by atoms with Crippen LogP contribution in [-0.4, -0.2) is 23.1 Å². The van der Waals surface area contributed by atoms with E-state index in [0.29, 0.717) is 0 Å². The lowest BCUT2D eigenvalue weighted by Crippen LogP contribution is -2.45. The molecule has 3 aliphatic rings. The highest BCUT2D eigenvalue weighted by Gasteiger charge is 2.45. The Kier molecular flexibility index (Phi) is 9.92. The van der Waals surface area contributed by atoms with Crippen LogP contribution in [0, 0.1) is 11.8 Å². The SMILES string of the molecule is CCCCC1(OC(=O)C2CCCCC2C(=O)OC2(CCCC)CCCCC2)CCCCC1. The molecule has 0 radical (unpaired) electrons. The van der Waals surface area contributed by atoms with E-state index < -0.39 is 0 Å². The Morgan fingerprint density at radius 2 is 1.00 bits per heavy atom. The summed E-state index contributed by atoms with van der Waals surface area (Å²) in [6.07, 6.45) is 20.9. The summed E-state index contributed by atoms with van der Waals surface area (Å²) in [6.45, 7) is 4.40. The van der Waals surface area contributed by atoms with Gasteiger partial charge in [-0.15, -0.1) is 0 Å². The van der Waals surface area contributed by atoms with E-state index in [9.17, 15) is 9.59 Å². The first-order chi connectivity index (χ1) is 15.5. The Balaban J connectivity index is 1.68. The van der Waals surface area contributed by atoms with Gasteiger partial charge in [-0.05, 0) is 89.9 Å². The predicted molar refractivity (Wildman–Crippen MR) is 128 cm³/mol. The number of unbranched alkanes of at least 4 members (excludes halogenated alkanes) is 2. The number of rotatable bonds is 10. The zero-order valence-corrected chi connectivity index (χ0v) is 20.9. The van der Waals surface area contributed by atoms with Crippen LogP contribution in [0.3, 0.4) is 0 Å².